The number of rotatable bonds is 3. The summed E-state index contributed by atoms with van der Waals surface area (Å²) in [5.74, 6) is 0.543. The van der Waals surface area contributed by atoms with Crippen molar-refractivity contribution in [3.8, 4) is 0 Å². The van der Waals surface area contributed by atoms with Gasteiger partial charge < -0.3 is 10.0 Å². The van der Waals surface area contributed by atoms with Gasteiger partial charge in [0.25, 0.3) is 0 Å². The summed E-state index contributed by atoms with van der Waals surface area (Å²) in [5, 5.41) is 9.64. The Hall–Kier alpha value is 0.350. The fourth-order valence-corrected chi connectivity index (χ4v) is 2.61. The molecule has 0 radical (unpaired) electrons. The summed E-state index contributed by atoms with van der Waals surface area (Å²) in [7, 11) is 3.00. The van der Waals surface area contributed by atoms with Crippen LogP contribution >= 0.6 is 9.24 Å². The maximum atomic E-state index is 9.09. The highest BCUT2D eigenvalue weighted by atomic mass is 31.0. The molecule has 76 valence electrons. The number of aliphatic hydroxyl groups excluding tert-OH is 1. The monoisotopic (exact) mass is 201 g/mol. The predicted octanol–water partition coefficient (Wildman–Crippen LogP) is 1.10. The topological polar surface area (TPSA) is 23.5 Å². The highest BCUT2D eigenvalue weighted by Gasteiger charge is 2.39. The molecule has 13 heavy (non-hydrogen) atoms. The van der Waals surface area contributed by atoms with Gasteiger partial charge in [-0.3, -0.25) is 0 Å². The zero-order chi connectivity index (χ0) is 9.31. The Bertz CT molecular complexity index is 182. The van der Waals surface area contributed by atoms with Crippen LogP contribution in [0.15, 0.2) is 0 Å². The van der Waals surface area contributed by atoms with Crippen molar-refractivity contribution in [1.29, 1.82) is 0 Å². The summed E-state index contributed by atoms with van der Waals surface area (Å²) in [6.07, 6.45) is 5.23. The maximum absolute atomic E-state index is 9.09. The molecule has 0 aromatic rings. The molecule has 1 aliphatic carbocycles. The van der Waals surface area contributed by atoms with E-state index in [1.165, 1.54) is 38.8 Å². The molecule has 1 saturated heterocycles. The molecule has 0 aromatic heterocycles. The second-order valence-electron chi connectivity index (χ2n) is 4.79. The standard InChI is InChI=1S/C10H20NOP/c12-7-9-2-1-5-11(6-9)8-10(13)3-4-10/h9,12H,1-8,13H2. The molecule has 0 bridgehead atoms. The smallest absolute Gasteiger partial charge is 0.0471 e. The minimum atomic E-state index is 0.375. The van der Waals surface area contributed by atoms with Gasteiger partial charge in [0.15, 0.2) is 0 Å². The van der Waals surface area contributed by atoms with Crippen molar-refractivity contribution in [2.45, 2.75) is 30.8 Å². The maximum Gasteiger partial charge on any atom is 0.0471 e. The van der Waals surface area contributed by atoms with E-state index in [1.54, 1.807) is 0 Å². The molecule has 1 aliphatic heterocycles. The fourth-order valence-electron chi connectivity index (χ4n) is 2.21. The zero-order valence-corrected chi connectivity index (χ0v) is 9.36. The highest BCUT2D eigenvalue weighted by molar-refractivity contribution is 7.19. The van der Waals surface area contributed by atoms with E-state index in [4.69, 9.17) is 5.11 Å². The first kappa shape index (κ1) is 9.89. The van der Waals surface area contributed by atoms with Crippen LogP contribution in [0.3, 0.4) is 0 Å². The molecule has 1 saturated carbocycles. The predicted molar refractivity (Wildman–Crippen MR) is 57.9 cm³/mol. The van der Waals surface area contributed by atoms with Gasteiger partial charge in [0.2, 0.25) is 0 Å². The van der Waals surface area contributed by atoms with Crippen LogP contribution in [0.5, 0.6) is 0 Å². The van der Waals surface area contributed by atoms with Crippen molar-refractivity contribution < 1.29 is 5.11 Å². The Morgan fingerprint density at radius 1 is 1.46 bits per heavy atom. The van der Waals surface area contributed by atoms with E-state index in [9.17, 15) is 0 Å². The van der Waals surface area contributed by atoms with Crippen molar-refractivity contribution in [2.24, 2.45) is 5.92 Å². The SMILES string of the molecule is OCC1CCCN(CC2(P)CC2)C1. The molecule has 3 heteroatoms. The van der Waals surface area contributed by atoms with E-state index in [0.717, 1.165) is 6.54 Å². The molecule has 1 heterocycles. The van der Waals surface area contributed by atoms with Crippen LogP contribution in [0.2, 0.25) is 0 Å². The lowest BCUT2D eigenvalue weighted by atomic mass is 9.99. The first-order valence-electron chi connectivity index (χ1n) is 5.34. The molecule has 1 N–H and O–H groups in total. The van der Waals surface area contributed by atoms with Gasteiger partial charge >= 0.3 is 0 Å². The zero-order valence-electron chi connectivity index (χ0n) is 8.21. The lowest BCUT2D eigenvalue weighted by molar-refractivity contribution is 0.119. The van der Waals surface area contributed by atoms with Crippen molar-refractivity contribution in [2.75, 3.05) is 26.2 Å². The molecular formula is C10H20NOP. The Balaban J connectivity index is 1.78. The fraction of sp³-hybridized carbons (Fsp3) is 1.00. The number of hydrogen-bond acceptors (Lipinski definition) is 2. The van der Waals surface area contributed by atoms with E-state index >= 15 is 0 Å². The first-order valence-corrected chi connectivity index (χ1v) is 5.92. The summed E-state index contributed by atoms with van der Waals surface area (Å²) in [6, 6.07) is 0. The summed E-state index contributed by atoms with van der Waals surface area (Å²) in [4.78, 5) is 2.53. The van der Waals surface area contributed by atoms with Gasteiger partial charge in [-0.05, 0) is 43.3 Å². The largest absolute Gasteiger partial charge is 0.396 e. The normalized spacial score (nSPS) is 33.2. The summed E-state index contributed by atoms with van der Waals surface area (Å²) in [6.45, 7) is 3.97. The molecule has 2 unspecified atom stereocenters. The molecule has 2 nitrogen and oxygen atoms in total. The van der Waals surface area contributed by atoms with Crippen molar-refractivity contribution in [3.63, 3.8) is 0 Å². The molecular weight excluding hydrogens is 181 g/mol. The lowest BCUT2D eigenvalue weighted by Gasteiger charge is -2.33. The Morgan fingerprint density at radius 2 is 2.23 bits per heavy atom. The van der Waals surface area contributed by atoms with E-state index in [2.05, 4.69) is 14.1 Å². The minimum Gasteiger partial charge on any atom is -0.396 e. The number of piperidine rings is 1. The lowest BCUT2D eigenvalue weighted by Crippen LogP contribution is -2.40. The van der Waals surface area contributed by atoms with Crippen molar-refractivity contribution >= 4 is 9.24 Å². The second-order valence-corrected chi connectivity index (χ2v) is 6.01. The van der Waals surface area contributed by atoms with Crippen LogP contribution in [0, 0.1) is 5.92 Å². The van der Waals surface area contributed by atoms with Gasteiger partial charge in [-0.2, -0.15) is 0 Å². The van der Waals surface area contributed by atoms with Crippen LogP contribution < -0.4 is 0 Å². The minimum absolute atomic E-state index is 0.375. The molecule has 0 spiro atoms. The van der Waals surface area contributed by atoms with Crippen LogP contribution in [-0.2, 0) is 0 Å². The average Bonchev–Trinajstić information content (AvgIpc) is 2.84. The van der Waals surface area contributed by atoms with E-state index in [-0.39, 0.29) is 0 Å². The van der Waals surface area contributed by atoms with E-state index < -0.39 is 0 Å². The third-order valence-electron chi connectivity index (χ3n) is 3.29. The van der Waals surface area contributed by atoms with Gasteiger partial charge in [-0.25, -0.2) is 0 Å². The molecule has 2 atom stereocenters. The Morgan fingerprint density at radius 3 is 2.85 bits per heavy atom. The molecule has 0 amide bonds. The second kappa shape index (κ2) is 3.84. The molecule has 2 aliphatic rings. The van der Waals surface area contributed by atoms with Crippen LogP contribution in [0.4, 0.5) is 0 Å². The molecule has 0 aromatic carbocycles. The number of nitrogens with zero attached hydrogens (tertiary/aromatic N) is 1. The van der Waals surface area contributed by atoms with Crippen molar-refractivity contribution in [3.05, 3.63) is 0 Å². The van der Waals surface area contributed by atoms with Gasteiger partial charge in [-0.15, -0.1) is 9.24 Å². The average molecular weight is 201 g/mol. The summed E-state index contributed by atoms with van der Waals surface area (Å²) in [5.41, 5.74) is 0. The summed E-state index contributed by atoms with van der Waals surface area (Å²) >= 11 is 0. The van der Waals surface area contributed by atoms with E-state index in [1.807, 2.05) is 0 Å². The summed E-state index contributed by atoms with van der Waals surface area (Å²) < 4.78 is 0. The third-order valence-corrected chi connectivity index (χ3v) is 4.05. The Labute approximate surface area is 82.9 Å². The number of likely N-dealkylation sites (tertiary alicyclic amines) is 1. The quantitative estimate of drug-likeness (QED) is 0.691. The van der Waals surface area contributed by atoms with E-state index in [0.29, 0.717) is 17.7 Å². The molecule has 2 rings (SSSR count). The van der Waals surface area contributed by atoms with Gasteiger partial charge in [0.05, 0.1) is 0 Å². The van der Waals surface area contributed by atoms with Gasteiger partial charge in [0, 0.05) is 19.7 Å². The Kier molecular flexibility index (Phi) is 2.92. The number of hydrogen-bond donors (Lipinski definition) is 1. The van der Waals surface area contributed by atoms with Crippen LogP contribution in [0.25, 0.3) is 0 Å². The highest BCUT2D eigenvalue weighted by Crippen LogP contribution is 2.45. The van der Waals surface area contributed by atoms with Crippen molar-refractivity contribution in [1.82, 2.24) is 4.90 Å². The van der Waals surface area contributed by atoms with Crippen LogP contribution in [-0.4, -0.2) is 41.4 Å². The third kappa shape index (κ3) is 2.65. The number of aliphatic hydroxyl groups is 1. The molecule has 2 fully saturated rings. The van der Waals surface area contributed by atoms with Gasteiger partial charge in [0.1, 0.15) is 0 Å². The van der Waals surface area contributed by atoms with Crippen LogP contribution in [0.1, 0.15) is 25.7 Å². The first-order chi connectivity index (χ1) is 6.22. The van der Waals surface area contributed by atoms with Gasteiger partial charge in [-0.1, -0.05) is 0 Å².